The molecule has 1 N–H and O–H groups in total. The summed E-state index contributed by atoms with van der Waals surface area (Å²) in [6.07, 6.45) is 5.11. The Balaban J connectivity index is 1.38. The van der Waals surface area contributed by atoms with Gasteiger partial charge in [-0.05, 0) is 49.1 Å². The van der Waals surface area contributed by atoms with Gasteiger partial charge in [0, 0.05) is 37.5 Å². The van der Waals surface area contributed by atoms with E-state index in [-0.39, 0.29) is 11.8 Å². The number of aromatic nitrogens is 1. The van der Waals surface area contributed by atoms with Gasteiger partial charge in [0.25, 0.3) is 11.8 Å². The van der Waals surface area contributed by atoms with Gasteiger partial charge in [0.2, 0.25) is 0 Å². The maximum absolute atomic E-state index is 13.9. The van der Waals surface area contributed by atoms with Gasteiger partial charge in [0.05, 0.1) is 6.54 Å². The smallest absolute Gasteiger partial charge is 0.269 e. The van der Waals surface area contributed by atoms with Crippen LogP contribution in [-0.4, -0.2) is 46.1 Å². The number of hydrogen-bond donors (Lipinski definition) is 1. The Morgan fingerprint density at radius 1 is 1.33 bits per heavy atom. The zero-order valence-electron chi connectivity index (χ0n) is 16.7. The lowest BCUT2D eigenvalue weighted by molar-refractivity contribution is -0.115. The third-order valence-corrected chi connectivity index (χ3v) is 5.52. The molecular weight excluding hydrogens is 387 g/mol. The number of carbonyl (C=O) groups excluding carboxylic acids is 2. The molecule has 3 heterocycles. The first-order valence-corrected chi connectivity index (χ1v) is 9.93. The summed E-state index contributed by atoms with van der Waals surface area (Å²) in [5.41, 5.74) is 1.30. The number of aryl methyl sites for hydroxylation is 1. The van der Waals surface area contributed by atoms with Crippen molar-refractivity contribution in [3.05, 3.63) is 65.2 Å². The Morgan fingerprint density at radius 2 is 2.20 bits per heavy atom. The van der Waals surface area contributed by atoms with E-state index >= 15 is 0 Å². The summed E-state index contributed by atoms with van der Waals surface area (Å²) in [7, 11) is 0. The molecule has 1 fully saturated rings. The van der Waals surface area contributed by atoms with Crippen LogP contribution in [0.3, 0.4) is 0 Å². The minimum atomic E-state index is -0.710. The number of pyridine rings is 1. The second kappa shape index (κ2) is 8.22. The maximum atomic E-state index is 13.9. The van der Waals surface area contributed by atoms with E-state index in [1.807, 2.05) is 6.07 Å². The molecule has 0 saturated carbocycles. The van der Waals surface area contributed by atoms with E-state index in [1.165, 1.54) is 6.07 Å². The number of oxime groups is 1. The van der Waals surface area contributed by atoms with Crippen LogP contribution >= 0.6 is 0 Å². The minimum Gasteiger partial charge on any atom is -0.386 e. The van der Waals surface area contributed by atoms with Crippen molar-refractivity contribution >= 4 is 17.5 Å². The Hall–Kier alpha value is -3.29. The Morgan fingerprint density at radius 3 is 2.97 bits per heavy atom. The number of benzene rings is 1. The number of piperidine rings is 1. The van der Waals surface area contributed by atoms with Gasteiger partial charge in [-0.1, -0.05) is 17.3 Å². The van der Waals surface area contributed by atoms with Gasteiger partial charge in [-0.25, -0.2) is 4.39 Å². The second-order valence-electron chi connectivity index (χ2n) is 7.83. The minimum absolute atomic E-state index is 0.244. The van der Waals surface area contributed by atoms with Crippen LogP contribution in [0.1, 0.15) is 40.7 Å². The van der Waals surface area contributed by atoms with Gasteiger partial charge in [-0.15, -0.1) is 0 Å². The van der Waals surface area contributed by atoms with Gasteiger partial charge >= 0.3 is 0 Å². The summed E-state index contributed by atoms with van der Waals surface area (Å²) in [5, 5.41) is 6.83. The lowest BCUT2D eigenvalue weighted by atomic mass is 9.87. The van der Waals surface area contributed by atoms with Crippen molar-refractivity contribution in [3.8, 4) is 0 Å². The highest BCUT2D eigenvalue weighted by atomic mass is 19.1. The molecule has 2 aliphatic heterocycles. The van der Waals surface area contributed by atoms with Crippen LogP contribution in [0.2, 0.25) is 0 Å². The average molecular weight is 410 g/mol. The van der Waals surface area contributed by atoms with Crippen molar-refractivity contribution in [2.24, 2.45) is 5.16 Å². The SMILES string of the molecule is Cc1ccc(C(=O)N2CCC[C@]3(CC(C(=O)NCc4cccnc4)=NO3)C2)cc1F. The number of carbonyl (C=O) groups is 2. The lowest BCUT2D eigenvalue weighted by Gasteiger charge is -2.38. The third-order valence-electron chi connectivity index (χ3n) is 5.52. The number of nitrogens with zero attached hydrogens (tertiary/aromatic N) is 3. The fraction of sp³-hybridized carbons (Fsp3) is 0.364. The fourth-order valence-corrected chi connectivity index (χ4v) is 3.83. The Kier molecular flexibility index (Phi) is 5.48. The second-order valence-corrected chi connectivity index (χ2v) is 7.83. The summed E-state index contributed by atoms with van der Waals surface area (Å²) in [6.45, 7) is 2.87. The summed E-state index contributed by atoms with van der Waals surface area (Å²) in [6, 6.07) is 8.18. The van der Waals surface area contributed by atoms with E-state index in [9.17, 15) is 14.0 Å². The van der Waals surface area contributed by atoms with Crippen LogP contribution in [0, 0.1) is 12.7 Å². The molecule has 156 valence electrons. The number of hydrogen-bond acceptors (Lipinski definition) is 5. The molecule has 0 bridgehead atoms. The monoisotopic (exact) mass is 410 g/mol. The van der Waals surface area contributed by atoms with Crippen LogP contribution in [0.25, 0.3) is 0 Å². The summed E-state index contributed by atoms with van der Waals surface area (Å²) in [4.78, 5) is 36.7. The molecule has 0 unspecified atom stereocenters. The molecule has 7 nitrogen and oxygen atoms in total. The predicted octanol–water partition coefficient (Wildman–Crippen LogP) is 2.60. The van der Waals surface area contributed by atoms with Crippen LogP contribution in [0.4, 0.5) is 4.39 Å². The largest absolute Gasteiger partial charge is 0.386 e. The molecule has 1 spiro atoms. The Bertz CT molecular complexity index is 995. The van der Waals surface area contributed by atoms with Crippen molar-refractivity contribution in [1.29, 1.82) is 0 Å². The van der Waals surface area contributed by atoms with Gasteiger partial charge in [0.15, 0.2) is 5.60 Å². The molecule has 2 aliphatic rings. The molecule has 1 aromatic heterocycles. The topological polar surface area (TPSA) is 83.9 Å². The van der Waals surface area contributed by atoms with Crippen molar-refractivity contribution in [3.63, 3.8) is 0 Å². The number of halogens is 1. The van der Waals surface area contributed by atoms with Gasteiger partial charge in [0.1, 0.15) is 11.5 Å². The zero-order valence-corrected chi connectivity index (χ0v) is 16.7. The van der Waals surface area contributed by atoms with Crippen molar-refractivity contribution < 1.29 is 18.8 Å². The van der Waals surface area contributed by atoms with E-state index in [0.717, 1.165) is 12.0 Å². The first-order chi connectivity index (χ1) is 14.5. The van der Waals surface area contributed by atoms with Crippen LogP contribution in [0.5, 0.6) is 0 Å². The highest BCUT2D eigenvalue weighted by molar-refractivity contribution is 6.39. The molecule has 30 heavy (non-hydrogen) atoms. The van der Waals surface area contributed by atoms with E-state index in [1.54, 1.807) is 42.4 Å². The quantitative estimate of drug-likeness (QED) is 0.840. The van der Waals surface area contributed by atoms with Crippen LogP contribution in [-0.2, 0) is 16.2 Å². The highest BCUT2D eigenvalue weighted by Crippen LogP contribution is 2.34. The molecule has 0 aliphatic carbocycles. The van der Waals surface area contributed by atoms with Crippen molar-refractivity contribution in [2.75, 3.05) is 13.1 Å². The summed E-state index contributed by atoms with van der Waals surface area (Å²) in [5.74, 6) is -0.938. The average Bonchev–Trinajstić information content (AvgIpc) is 3.17. The van der Waals surface area contributed by atoms with Gasteiger partial charge in [-0.2, -0.15) is 0 Å². The van der Waals surface area contributed by atoms with E-state index in [0.29, 0.717) is 49.3 Å². The molecular formula is C22H23FN4O3. The maximum Gasteiger partial charge on any atom is 0.269 e. The Labute approximate surface area is 173 Å². The first-order valence-electron chi connectivity index (χ1n) is 9.93. The molecule has 1 saturated heterocycles. The molecule has 2 aromatic rings. The number of likely N-dealkylation sites (tertiary alicyclic amines) is 1. The van der Waals surface area contributed by atoms with E-state index in [2.05, 4.69) is 15.5 Å². The first kappa shape index (κ1) is 20.0. The van der Waals surface area contributed by atoms with E-state index in [4.69, 9.17) is 4.84 Å². The van der Waals surface area contributed by atoms with E-state index < -0.39 is 11.4 Å². The predicted molar refractivity (Wildman–Crippen MR) is 108 cm³/mol. The molecule has 2 amide bonds. The van der Waals surface area contributed by atoms with Crippen LogP contribution < -0.4 is 5.32 Å². The molecule has 0 radical (unpaired) electrons. The third kappa shape index (κ3) is 4.17. The zero-order chi connectivity index (χ0) is 21.1. The normalized spacial score (nSPS) is 20.6. The van der Waals surface area contributed by atoms with Crippen molar-refractivity contribution in [1.82, 2.24) is 15.2 Å². The van der Waals surface area contributed by atoms with Crippen molar-refractivity contribution in [2.45, 2.75) is 38.3 Å². The number of amides is 2. The molecule has 1 aromatic carbocycles. The molecule has 4 rings (SSSR count). The van der Waals surface area contributed by atoms with Gasteiger partial charge < -0.3 is 15.1 Å². The lowest BCUT2D eigenvalue weighted by Crippen LogP contribution is -2.51. The molecule has 8 heteroatoms. The standard InChI is InChI=1S/C22H23FN4O3/c1-15-5-6-17(10-18(15)23)21(29)27-9-3-7-22(14-27)11-19(26-30-22)20(28)25-13-16-4-2-8-24-12-16/h2,4-6,8,10,12H,3,7,9,11,13-14H2,1H3,(H,25,28)/t22-/m0/s1. The molecule has 1 atom stereocenters. The summed E-state index contributed by atoms with van der Waals surface area (Å²) < 4.78 is 13.9. The number of nitrogens with one attached hydrogen (secondary N) is 1. The number of rotatable bonds is 4. The van der Waals surface area contributed by atoms with Crippen LogP contribution in [0.15, 0.2) is 47.9 Å². The summed E-state index contributed by atoms with van der Waals surface area (Å²) >= 11 is 0. The highest BCUT2D eigenvalue weighted by Gasteiger charge is 2.45. The fourth-order valence-electron chi connectivity index (χ4n) is 3.83. The van der Waals surface area contributed by atoms with Gasteiger partial charge in [-0.3, -0.25) is 14.6 Å².